The lowest BCUT2D eigenvalue weighted by atomic mass is 10.1. The summed E-state index contributed by atoms with van der Waals surface area (Å²) in [5, 5.41) is 2.11. The van der Waals surface area contributed by atoms with Crippen molar-refractivity contribution in [2.24, 2.45) is 0 Å². The van der Waals surface area contributed by atoms with Crippen LogP contribution in [0.1, 0.15) is 24.5 Å². The maximum absolute atomic E-state index is 13.8. The van der Waals surface area contributed by atoms with Gasteiger partial charge in [0.25, 0.3) is 10.0 Å². The van der Waals surface area contributed by atoms with Gasteiger partial charge in [-0.25, -0.2) is 12.8 Å². The van der Waals surface area contributed by atoms with E-state index in [-0.39, 0.29) is 22.9 Å². The fourth-order valence-corrected chi connectivity index (χ4v) is 5.70. The van der Waals surface area contributed by atoms with E-state index in [4.69, 9.17) is 11.6 Å². The molecule has 1 unspecified atom stereocenters. The number of amides is 2. The van der Waals surface area contributed by atoms with Crippen molar-refractivity contribution in [2.45, 2.75) is 37.0 Å². The first-order valence-electron chi connectivity index (χ1n) is 12.0. The van der Waals surface area contributed by atoms with E-state index in [0.29, 0.717) is 22.0 Å². The number of carbonyl (C=O) groups excluding carboxylic acids is 2. The minimum Gasteiger partial charge on any atom is -0.357 e. The van der Waals surface area contributed by atoms with Crippen LogP contribution in [0, 0.1) is 5.82 Å². The van der Waals surface area contributed by atoms with Gasteiger partial charge in [-0.15, -0.1) is 0 Å². The summed E-state index contributed by atoms with van der Waals surface area (Å²) in [6.07, 6.45) is -4.70. The van der Waals surface area contributed by atoms with E-state index in [2.05, 4.69) is 5.32 Å². The van der Waals surface area contributed by atoms with Crippen molar-refractivity contribution in [3.05, 3.63) is 94.8 Å². The molecule has 0 aromatic heterocycles. The van der Waals surface area contributed by atoms with Gasteiger partial charge >= 0.3 is 6.18 Å². The topological polar surface area (TPSA) is 86.8 Å². The van der Waals surface area contributed by atoms with Crippen molar-refractivity contribution in [1.82, 2.24) is 10.2 Å². The van der Waals surface area contributed by atoms with Gasteiger partial charge in [0.1, 0.15) is 18.4 Å². The summed E-state index contributed by atoms with van der Waals surface area (Å²) in [6, 6.07) is 13.0. The molecule has 0 saturated carbocycles. The molecule has 7 nitrogen and oxygen atoms in total. The molecule has 214 valence electrons. The highest BCUT2D eigenvalue weighted by Crippen LogP contribution is 2.37. The molecule has 0 aliphatic heterocycles. The Morgan fingerprint density at radius 1 is 1.00 bits per heavy atom. The van der Waals surface area contributed by atoms with Crippen molar-refractivity contribution in [2.75, 3.05) is 17.9 Å². The number of nitrogens with zero attached hydrogens (tertiary/aromatic N) is 2. The summed E-state index contributed by atoms with van der Waals surface area (Å²) in [5.41, 5.74) is -1.30. The fraction of sp³-hybridized carbons (Fsp3) is 0.259. The van der Waals surface area contributed by atoms with Gasteiger partial charge < -0.3 is 10.2 Å². The first kappa shape index (κ1) is 30.9. The largest absolute Gasteiger partial charge is 0.416 e. The third-order valence-electron chi connectivity index (χ3n) is 6.05. The lowest BCUT2D eigenvalue weighted by molar-refractivity contribution is -0.140. The number of halogens is 5. The Kier molecular flexibility index (Phi) is 9.80. The number of benzene rings is 3. The van der Waals surface area contributed by atoms with Crippen LogP contribution in [0.4, 0.5) is 23.2 Å². The molecule has 1 atom stereocenters. The van der Waals surface area contributed by atoms with Crippen molar-refractivity contribution in [3.63, 3.8) is 0 Å². The molecule has 0 radical (unpaired) electrons. The van der Waals surface area contributed by atoms with Crippen LogP contribution in [0.3, 0.4) is 0 Å². The number of carbonyl (C=O) groups is 2. The van der Waals surface area contributed by atoms with Crippen LogP contribution in [-0.2, 0) is 32.3 Å². The molecule has 0 heterocycles. The Morgan fingerprint density at radius 2 is 1.62 bits per heavy atom. The Hall–Kier alpha value is -3.64. The first-order chi connectivity index (χ1) is 18.8. The molecule has 0 aliphatic rings. The Morgan fingerprint density at radius 3 is 2.17 bits per heavy atom. The highest BCUT2D eigenvalue weighted by molar-refractivity contribution is 7.92. The van der Waals surface area contributed by atoms with E-state index in [9.17, 15) is 35.6 Å². The molecule has 0 aliphatic carbocycles. The predicted molar refractivity (Wildman–Crippen MR) is 143 cm³/mol. The fourth-order valence-electron chi connectivity index (χ4n) is 3.99. The predicted octanol–water partition coefficient (Wildman–Crippen LogP) is 5.25. The van der Waals surface area contributed by atoms with Crippen LogP contribution >= 0.6 is 11.6 Å². The Bertz CT molecular complexity index is 1450. The smallest absolute Gasteiger partial charge is 0.357 e. The molecule has 0 bridgehead atoms. The quantitative estimate of drug-likeness (QED) is 0.323. The van der Waals surface area contributed by atoms with Gasteiger partial charge in [-0.3, -0.25) is 13.9 Å². The van der Waals surface area contributed by atoms with E-state index < -0.39 is 57.7 Å². The molecule has 0 spiro atoms. The van der Waals surface area contributed by atoms with E-state index >= 15 is 0 Å². The van der Waals surface area contributed by atoms with Crippen LogP contribution in [0.25, 0.3) is 0 Å². The molecule has 3 aromatic rings. The van der Waals surface area contributed by atoms with E-state index in [1.807, 2.05) is 0 Å². The van der Waals surface area contributed by atoms with Crippen molar-refractivity contribution in [3.8, 4) is 0 Å². The maximum atomic E-state index is 13.8. The number of rotatable bonds is 10. The second-order valence-electron chi connectivity index (χ2n) is 8.68. The third-order valence-corrected chi connectivity index (χ3v) is 8.14. The van der Waals surface area contributed by atoms with E-state index in [1.54, 1.807) is 13.0 Å². The van der Waals surface area contributed by atoms with Gasteiger partial charge in [0.05, 0.1) is 21.2 Å². The number of hydrogen-bond donors (Lipinski definition) is 1. The number of nitrogens with one attached hydrogen (secondary N) is 1. The van der Waals surface area contributed by atoms with Crippen molar-refractivity contribution >= 4 is 39.1 Å². The van der Waals surface area contributed by atoms with E-state index in [1.165, 1.54) is 43.4 Å². The lowest BCUT2D eigenvalue weighted by Crippen LogP contribution is -2.51. The molecule has 40 heavy (non-hydrogen) atoms. The minimum absolute atomic E-state index is 0.127. The van der Waals surface area contributed by atoms with Crippen molar-refractivity contribution < 1.29 is 35.6 Å². The van der Waals surface area contributed by atoms with Gasteiger partial charge in [-0.05, 0) is 54.4 Å². The second-order valence-corrected chi connectivity index (χ2v) is 10.9. The monoisotopic (exact) mass is 599 g/mol. The number of alkyl halides is 3. The summed E-state index contributed by atoms with van der Waals surface area (Å²) in [5.74, 6) is -1.97. The van der Waals surface area contributed by atoms with Gasteiger partial charge in [-0.2, -0.15) is 13.2 Å². The molecular formula is C27H26ClF4N3O4S. The summed E-state index contributed by atoms with van der Waals surface area (Å²) in [6.45, 7) is 0.445. The normalized spacial score (nSPS) is 12.5. The van der Waals surface area contributed by atoms with Crippen LogP contribution in [-0.4, -0.2) is 44.8 Å². The number of hydrogen-bond acceptors (Lipinski definition) is 4. The lowest BCUT2D eigenvalue weighted by Gasteiger charge is -2.33. The summed E-state index contributed by atoms with van der Waals surface area (Å²) in [7, 11) is -3.26. The summed E-state index contributed by atoms with van der Waals surface area (Å²) >= 11 is 6.21. The van der Waals surface area contributed by atoms with Crippen molar-refractivity contribution in [1.29, 1.82) is 0 Å². The zero-order valence-electron chi connectivity index (χ0n) is 21.5. The second kappa shape index (κ2) is 12.7. The average molecular weight is 600 g/mol. The van der Waals surface area contributed by atoms with Gasteiger partial charge in [0.15, 0.2) is 0 Å². The van der Waals surface area contributed by atoms with Gasteiger partial charge in [0.2, 0.25) is 11.8 Å². The Balaban J connectivity index is 2.15. The minimum atomic E-state index is -4.83. The number of anilines is 1. The van der Waals surface area contributed by atoms with Crippen LogP contribution in [0.5, 0.6) is 0 Å². The van der Waals surface area contributed by atoms with Gasteiger partial charge in [0, 0.05) is 13.6 Å². The number of likely N-dealkylation sites (N-methyl/N-ethyl adjacent to an activating group) is 1. The molecule has 2 amide bonds. The molecule has 3 aromatic carbocycles. The van der Waals surface area contributed by atoms with Crippen LogP contribution in [0.2, 0.25) is 5.02 Å². The van der Waals surface area contributed by atoms with Gasteiger partial charge in [-0.1, -0.05) is 48.9 Å². The zero-order valence-corrected chi connectivity index (χ0v) is 23.0. The molecule has 0 fully saturated rings. The maximum Gasteiger partial charge on any atom is 0.416 e. The SMILES string of the molecule is CCC(C(=O)NC)N(Cc1ccc(F)cc1)C(=O)CN(c1cc(C(F)(F)F)ccc1Cl)S(=O)(=O)c1ccccc1. The van der Waals surface area contributed by atoms with Crippen LogP contribution < -0.4 is 9.62 Å². The molecular weight excluding hydrogens is 574 g/mol. The molecule has 0 saturated heterocycles. The molecule has 13 heteroatoms. The number of sulfonamides is 1. The van der Waals surface area contributed by atoms with Crippen LogP contribution in [0.15, 0.2) is 77.7 Å². The van der Waals surface area contributed by atoms with E-state index in [0.717, 1.165) is 23.1 Å². The highest BCUT2D eigenvalue weighted by Gasteiger charge is 2.36. The summed E-state index contributed by atoms with van der Waals surface area (Å²) in [4.78, 5) is 27.3. The highest BCUT2D eigenvalue weighted by atomic mass is 35.5. The summed E-state index contributed by atoms with van der Waals surface area (Å²) < 4.78 is 82.1. The Labute approximate surface area is 234 Å². The molecule has 3 rings (SSSR count). The zero-order chi connectivity index (χ0) is 29.7. The third kappa shape index (κ3) is 7.11. The average Bonchev–Trinajstić information content (AvgIpc) is 2.92. The molecule has 1 N–H and O–H groups in total. The standard InChI is InChI=1S/C27H26ClF4N3O4S/c1-3-23(26(37)33-2)34(16-18-9-12-20(29)13-10-18)25(36)17-35(40(38,39)21-7-5-4-6-8-21)24-15-19(27(30,31)32)11-14-22(24)28/h4-15,23H,3,16-17H2,1-2H3,(H,33,37). The first-order valence-corrected chi connectivity index (χ1v) is 13.8.